The summed E-state index contributed by atoms with van der Waals surface area (Å²) in [4.78, 5) is 22.3. The van der Waals surface area contributed by atoms with E-state index in [9.17, 15) is 27.2 Å². The van der Waals surface area contributed by atoms with Gasteiger partial charge in [-0.25, -0.2) is 29.2 Å². The second-order valence-corrected chi connectivity index (χ2v) is 2.95. The summed E-state index contributed by atoms with van der Waals surface area (Å²) in [6.07, 6.45) is 0. The minimum absolute atomic E-state index is 1.36. The fourth-order valence-electron chi connectivity index (χ4n) is 1.20. The zero-order valence-electron chi connectivity index (χ0n) is 8.48. The number of nitrogens with one attached hydrogen (secondary N) is 2. The molecule has 6 N–H and O–H groups in total. The summed E-state index contributed by atoms with van der Waals surface area (Å²) >= 11 is 0. The van der Waals surface area contributed by atoms with Crippen molar-refractivity contribution in [3.63, 3.8) is 0 Å². The van der Waals surface area contributed by atoms with E-state index in [1.807, 2.05) is 0 Å². The first kappa shape index (κ1) is 13.9. The van der Waals surface area contributed by atoms with E-state index in [1.165, 1.54) is 10.9 Å². The van der Waals surface area contributed by atoms with Crippen LogP contribution >= 0.6 is 0 Å². The van der Waals surface area contributed by atoms with Crippen molar-refractivity contribution in [2.24, 2.45) is 11.7 Å². The Labute approximate surface area is 96.9 Å². The van der Waals surface area contributed by atoms with E-state index < -0.39 is 46.2 Å². The Hall–Kier alpha value is -2.20. The van der Waals surface area contributed by atoms with Crippen LogP contribution in [0.1, 0.15) is 20.7 Å². The lowest BCUT2D eigenvalue weighted by atomic mass is 10.0. The molecule has 1 aromatic carbocycles. The number of nitrogens with two attached hydrogens (primary N) is 2. The summed E-state index contributed by atoms with van der Waals surface area (Å²) in [6, 6.07) is 0. The van der Waals surface area contributed by atoms with Gasteiger partial charge >= 0.3 is 0 Å². The molecule has 0 saturated heterocycles. The van der Waals surface area contributed by atoms with Gasteiger partial charge < -0.3 is 0 Å². The average molecular weight is 266 g/mol. The van der Waals surface area contributed by atoms with Gasteiger partial charge in [0.1, 0.15) is 0 Å². The second-order valence-electron chi connectivity index (χ2n) is 2.95. The Morgan fingerprint density at radius 1 is 0.722 bits per heavy atom. The Morgan fingerprint density at radius 2 is 1.00 bits per heavy atom. The fourth-order valence-corrected chi connectivity index (χ4v) is 1.20. The van der Waals surface area contributed by atoms with Crippen LogP contribution in [0, 0.1) is 23.3 Å². The number of hydrazine groups is 2. The maximum absolute atomic E-state index is 13.3. The highest BCUT2D eigenvalue weighted by Crippen LogP contribution is 2.24. The highest BCUT2D eigenvalue weighted by molar-refractivity contribution is 6.07. The van der Waals surface area contributed by atoms with Gasteiger partial charge in [-0.15, -0.1) is 0 Å². The molecule has 2 amide bonds. The molecule has 1 aromatic rings. The monoisotopic (exact) mass is 266 g/mol. The zero-order valence-corrected chi connectivity index (χ0v) is 8.48. The maximum atomic E-state index is 13.3. The van der Waals surface area contributed by atoms with Crippen molar-refractivity contribution in [2.45, 2.75) is 0 Å². The summed E-state index contributed by atoms with van der Waals surface area (Å²) in [5.74, 6) is -2.36. The number of benzene rings is 1. The SMILES string of the molecule is NNC(=O)c1c(F)c(F)c(F)c(F)c1C(=O)NN. The van der Waals surface area contributed by atoms with Crippen molar-refractivity contribution >= 4 is 11.8 Å². The Bertz CT molecular complexity index is 488. The number of carbonyl (C=O) groups is 2. The number of hydrogen-bond acceptors (Lipinski definition) is 4. The maximum Gasteiger partial charge on any atom is 0.269 e. The second kappa shape index (κ2) is 4.98. The van der Waals surface area contributed by atoms with Gasteiger partial charge in [0.15, 0.2) is 23.3 Å². The summed E-state index contributed by atoms with van der Waals surface area (Å²) < 4.78 is 52.5. The minimum atomic E-state index is -2.25. The average Bonchev–Trinajstić information content (AvgIpc) is 2.38. The largest absolute Gasteiger partial charge is 0.290 e. The molecule has 0 heterocycles. The summed E-state index contributed by atoms with van der Waals surface area (Å²) in [7, 11) is 0. The van der Waals surface area contributed by atoms with Crippen LogP contribution in [-0.2, 0) is 0 Å². The Kier molecular flexibility index (Phi) is 3.83. The van der Waals surface area contributed by atoms with Crippen molar-refractivity contribution in [1.82, 2.24) is 10.9 Å². The molecule has 0 saturated carbocycles. The normalized spacial score (nSPS) is 10.1. The van der Waals surface area contributed by atoms with Crippen molar-refractivity contribution in [3.8, 4) is 0 Å². The third-order valence-corrected chi connectivity index (χ3v) is 1.98. The van der Waals surface area contributed by atoms with Crippen molar-refractivity contribution in [1.29, 1.82) is 0 Å². The van der Waals surface area contributed by atoms with Gasteiger partial charge in [-0.05, 0) is 0 Å². The van der Waals surface area contributed by atoms with Crippen LogP contribution in [0.4, 0.5) is 17.6 Å². The molecular weight excluding hydrogens is 260 g/mol. The number of halogens is 4. The van der Waals surface area contributed by atoms with Crippen LogP contribution in [0.3, 0.4) is 0 Å². The van der Waals surface area contributed by atoms with E-state index in [1.54, 1.807) is 0 Å². The van der Waals surface area contributed by atoms with Crippen molar-refractivity contribution in [2.75, 3.05) is 0 Å². The van der Waals surface area contributed by atoms with Crippen molar-refractivity contribution < 1.29 is 27.2 Å². The van der Waals surface area contributed by atoms with Gasteiger partial charge in [-0.2, -0.15) is 0 Å². The van der Waals surface area contributed by atoms with Gasteiger partial charge in [0.25, 0.3) is 11.8 Å². The first-order valence-electron chi connectivity index (χ1n) is 4.24. The molecule has 0 atom stereocenters. The number of hydrogen-bond donors (Lipinski definition) is 4. The first-order chi connectivity index (χ1) is 8.36. The topological polar surface area (TPSA) is 110 Å². The van der Waals surface area contributed by atoms with Crippen LogP contribution in [0.5, 0.6) is 0 Å². The Morgan fingerprint density at radius 3 is 1.22 bits per heavy atom. The molecule has 0 fully saturated rings. The molecule has 98 valence electrons. The van der Waals surface area contributed by atoms with E-state index in [2.05, 4.69) is 11.7 Å². The van der Waals surface area contributed by atoms with E-state index in [4.69, 9.17) is 0 Å². The molecule has 6 nitrogen and oxygen atoms in total. The highest BCUT2D eigenvalue weighted by Gasteiger charge is 2.32. The molecular formula is C8H6F4N4O2. The van der Waals surface area contributed by atoms with Gasteiger partial charge in [0, 0.05) is 0 Å². The lowest BCUT2D eigenvalue weighted by molar-refractivity contribution is 0.0909. The van der Waals surface area contributed by atoms with Crippen LogP contribution in [0.15, 0.2) is 0 Å². The van der Waals surface area contributed by atoms with E-state index in [-0.39, 0.29) is 0 Å². The van der Waals surface area contributed by atoms with Gasteiger partial charge in [0.2, 0.25) is 0 Å². The zero-order chi connectivity index (χ0) is 14.0. The molecule has 0 spiro atoms. The quantitative estimate of drug-likeness (QED) is 0.144. The van der Waals surface area contributed by atoms with Crippen LogP contribution in [0.2, 0.25) is 0 Å². The number of carbonyl (C=O) groups excluding carboxylic acids is 2. The molecule has 10 heteroatoms. The molecule has 0 bridgehead atoms. The van der Waals surface area contributed by atoms with Crippen LogP contribution in [-0.4, -0.2) is 11.8 Å². The van der Waals surface area contributed by atoms with Gasteiger partial charge in [-0.1, -0.05) is 0 Å². The minimum Gasteiger partial charge on any atom is -0.290 e. The molecule has 0 aromatic heterocycles. The third-order valence-electron chi connectivity index (χ3n) is 1.98. The standard InChI is InChI=1S/C8H6F4N4O2/c9-3-1(7(17)15-13)2(8(18)16-14)4(10)6(12)5(3)11/h13-14H2,(H,15,17)(H,16,18). The summed E-state index contributed by atoms with van der Waals surface area (Å²) in [5.41, 5.74) is -0.0640. The molecule has 0 radical (unpaired) electrons. The molecule has 0 unspecified atom stereocenters. The van der Waals surface area contributed by atoms with Gasteiger partial charge in [0.05, 0.1) is 11.1 Å². The first-order valence-corrected chi connectivity index (χ1v) is 4.24. The van der Waals surface area contributed by atoms with E-state index in [0.29, 0.717) is 0 Å². The van der Waals surface area contributed by atoms with Crippen LogP contribution in [0.25, 0.3) is 0 Å². The van der Waals surface area contributed by atoms with E-state index in [0.717, 1.165) is 0 Å². The number of rotatable bonds is 2. The fraction of sp³-hybridized carbons (Fsp3) is 0. The van der Waals surface area contributed by atoms with Gasteiger partial charge in [-0.3, -0.25) is 20.4 Å². The molecule has 1 rings (SSSR count). The smallest absolute Gasteiger partial charge is 0.269 e. The highest BCUT2D eigenvalue weighted by atomic mass is 19.2. The molecule has 18 heavy (non-hydrogen) atoms. The number of nitrogen functional groups attached to an aromatic ring is 2. The Balaban J connectivity index is 3.75. The van der Waals surface area contributed by atoms with Crippen molar-refractivity contribution in [3.05, 3.63) is 34.4 Å². The predicted octanol–water partition coefficient (Wildman–Crippen LogP) is -0.550. The van der Waals surface area contributed by atoms with Crippen LogP contribution < -0.4 is 22.5 Å². The lowest BCUT2D eigenvalue weighted by Gasteiger charge is -2.10. The lowest BCUT2D eigenvalue weighted by Crippen LogP contribution is -2.37. The number of amides is 2. The molecule has 0 aliphatic rings. The molecule has 0 aliphatic heterocycles. The summed E-state index contributed by atoms with van der Waals surface area (Å²) in [5, 5.41) is 0. The summed E-state index contributed by atoms with van der Waals surface area (Å²) in [6.45, 7) is 0. The van der Waals surface area contributed by atoms with E-state index >= 15 is 0 Å². The third kappa shape index (κ3) is 1.98. The molecule has 0 aliphatic carbocycles. The predicted molar refractivity (Wildman–Crippen MR) is 49.6 cm³/mol.